The molecule has 2 N–H and O–H groups in total. The van der Waals surface area contributed by atoms with E-state index < -0.39 is 0 Å². The highest BCUT2D eigenvalue weighted by atomic mass is 16.5. The summed E-state index contributed by atoms with van der Waals surface area (Å²) in [5.74, 6) is 1.08. The van der Waals surface area contributed by atoms with E-state index in [-0.39, 0.29) is 11.6 Å². The van der Waals surface area contributed by atoms with Gasteiger partial charge in [0, 0.05) is 0 Å². The molecular weight excluding hydrogens is 234 g/mol. The molecule has 0 atom stereocenters. The number of aromatic hydroxyl groups is 1. The van der Waals surface area contributed by atoms with Gasteiger partial charge in [0.15, 0.2) is 5.82 Å². The Morgan fingerprint density at radius 1 is 1.33 bits per heavy atom. The van der Waals surface area contributed by atoms with Gasteiger partial charge in [-0.2, -0.15) is 10.1 Å². The lowest BCUT2D eigenvalue weighted by Gasteiger charge is -2.01. The Morgan fingerprint density at radius 3 is 3.00 bits per heavy atom. The summed E-state index contributed by atoms with van der Waals surface area (Å²) >= 11 is 0. The fraction of sp³-hybridized carbons (Fsp3) is 0.0909. The van der Waals surface area contributed by atoms with E-state index in [1.54, 1.807) is 19.1 Å². The van der Waals surface area contributed by atoms with Crippen LogP contribution in [0.1, 0.15) is 5.56 Å². The first-order chi connectivity index (χ1) is 8.75. The van der Waals surface area contributed by atoms with Crippen molar-refractivity contribution in [3.63, 3.8) is 0 Å². The van der Waals surface area contributed by atoms with Crippen molar-refractivity contribution in [1.29, 1.82) is 0 Å². The maximum absolute atomic E-state index is 9.93. The van der Waals surface area contributed by atoms with Crippen LogP contribution in [0.4, 0.5) is 0 Å². The number of para-hydroxylation sites is 1. The van der Waals surface area contributed by atoms with Crippen molar-refractivity contribution in [2.24, 2.45) is 0 Å². The molecule has 0 radical (unpaired) electrons. The van der Waals surface area contributed by atoms with Gasteiger partial charge >= 0.3 is 0 Å². The van der Waals surface area contributed by atoms with Crippen LogP contribution in [-0.2, 0) is 0 Å². The second-order valence-corrected chi connectivity index (χ2v) is 3.73. The molecule has 3 rings (SSSR count). The van der Waals surface area contributed by atoms with Crippen LogP contribution in [0.25, 0.3) is 23.1 Å². The lowest BCUT2D eigenvalue weighted by atomic mass is 10.1. The molecule has 0 amide bonds. The molecule has 0 saturated carbocycles. The molecule has 0 aliphatic rings. The van der Waals surface area contributed by atoms with Crippen molar-refractivity contribution in [1.82, 2.24) is 25.3 Å². The summed E-state index contributed by atoms with van der Waals surface area (Å²) in [6, 6.07) is 5.31. The molecule has 0 fully saturated rings. The third-order valence-corrected chi connectivity index (χ3v) is 2.52. The van der Waals surface area contributed by atoms with Gasteiger partial charge in [-0.1, -0.05) is 17.3 Å². The van der Waals surface area contributed by atoms with E-state index in [1.165, 1.54) is 6.33 Å². The van der Waals surface area contributed by atoms with Gasteiger partial charge in [-0.3, -0.25) is 5.10 Å². The zero-order chi connectivity index (χ0) is 12.5. The van der Waals surface area contributed by atoms with Gasteiger partial charge in [-0.15, -0.1) is 0 Å². The maximum Gasteiger partial charge on any atom is 0.262 e. The minimum atomic E-state index is 0.130. The predicted molar refractivity (Wildman–Crippen MR) is 61.5 cm³/mol. The normalized spacial score (nSPS) is 10.7. The number of aryl methyl sites for hydroxylation is 1. The third-order valence-electron chi connectivity index (χ3n) is 2.52. The van der Waals surface area contributed by atoms with Crippen molar-refractivity contribution >= 4 is 0 Å². The van der Waals surface area contributed by atoms with E-state index in [0.717, 1.165) is 5.56 Å². The Morgan fingerprint density at radius 2 is 2.22 bits per heavy atom. The molecule has 7 heteroatoms. The number of rotatable bonds is 2. The number of aromatic nitrogens is 5. The summed E-state index contributed by atoms with van der Waals surface area (Å²) in [6.07, 6.45) is 1.36. The van der Waals surface area contributed by atoms with Crippen LogP contribution in [0.5, 0.6) is 5.75 Å². The van der Waals surface area contributed by atoms with E-state index in [1.807, 2.05) is 6.07 Å². The molecule has 0 spiro atoms. The molecule has 1 aromatic carbocycles. The molecule has 0 aliphatic heterocycles. The van der Waals surface area contributed by atoms with Crippen molar-refractivity contribution in [2.45, 2.75) is 6.92 Å². The number of H-pyrrole nitrogens is 1. The largest absolute Gasteiger partial charge is 0.507 e. The Bertz CT molecular complexity index is 675. The zero-order valence-corrected chi connectivity index (χ0v) is 9.45. The van der Waals surface area contributed by atoms with Crippen molar-refractivity contribution in [2.75, 3.05) is 0 Å². The SMILES string of the molecule is Cc1cccc(-c2nc(-c3ncn[nH]3)no2)c1O. The molecule has 3 aromatic rings. The molecule has 0 bridgehead atoms. The van der Waals surface area contributed by atoms with Gasteiger partial charge in [0.05, 0.1) is 5.56 Å². The Balaban J connectivity index is 2.06. The fourth-order valence-corrected chi connectivity index (χ4v) is 1.57. The summed E-state index contributed by atoms with van der Waals surface area (Å²) in [5.41, 5.74) is 1.24. The fourth-order valence-electron chi connectivity index (χ4n) is 1.57. The number of phenolic OH excluding ortho intramolecular Hbond substituents is 1. The summed E-state index contributed by atoms with van der Waals surface area (Å²) in [7, 11) is 0. The topological polar surface area (TPSA) is 101 Å². The number of aromatic amines is 1. The van der Waals surface area contributed by atoms with Gasteiger partial charge in [-0.25, -0.2) is 4.98 Å². The van der Waals surface area contributed by atoms with E-state index in [9.17, 15) is 5.11 Å². The lowest BCUT2D eigenvalue weighted by Crippen LogP contribution is -1.85. The van der Waals surface area contributed by atoms with E-state index in [2.05, 4.69) is 25.3 Å². The Hall–Kier alpha value is -2.70. The summed E-state index contributed by atoms with van der Waals surface area (Å²) in [6.45, 7) is 1.80. The van der Waals surface area contributed by atoms with Crippen LogP contribution in [0, 0.1) is 6.92 Å². The second kappa shape index (κ2) is 3.95. The average molecular weight is 243 g/mol. The second-order valence-electron chi connectivity index (χ2n) is 3.73. The van der Waals surface area contributed by atoms with E-state index in [4.69, 9.17) is 4.52 Å². The van der Waals surface area contributed by atoms with Crippen LogP contribution in [-0.4, -0.2) is 30.4 Å². The monoisotopic (exact) mass is 243 g/mol. The number of nitrogens with zero attached hydrogens (tertiary/aromatic N) is 4. The minimum absolute atomic E-state index is 0.130. The van der Waals surface area contributed by atoms with Crippen LogP contribution in [0.3, 0.4) is 0 Å². The molecule has 90 valence electrons. The van der Waals surface area contributed by atoms with E-state index >= 15 is 0 Å². The number of phenols is 1. The first-order valence-corrected chi connectivity index (χ1v) is 5.24. The molecule has 0 unspecified atom stereocenters. The third kappa shape index (κ3) is 1.61. The van der Waals surface area contributed by atoms with Crippen molar-refractivity contribution in [3.8, 4) is 28.9 Å². The Labute approximate surface area is 102 Å². The highest BCUT2D eigenvalue weighted by Gasteiger charge is 2.15. The molecule has 0 saturated heterocycles. The van der Waals surface area contributed by atoms with E-state index in [0.29, 0.717) is 17.2 Å². The Kier molecular flexibility index (Phi) is 2.30. The summed E-state index contributed by atoms with van der Waals surface area (Å²) < 4.78 is 5.10. The molecular formula is C11H9N5O2. The quantitative estimate of drug-likeness (QED) is 0.707. The smallest absolute Gasteiger partial charge is 0.262 e. The molecule has 0 aliphatic carbocycles. The lowest BCUT2D eigenvalue weighted by molar-refractivity contribution is 0.425. The number of nitrogens with one attached hydrogen (secondary N) is 1. The van der Waals surface area contributed by atoms with Gasteiger partial charge in [-0.05, 0) is 18.6 Å². The molecule has 2 aromatic heterocycles. The molecule has 18 heavy (non-hydrogen) atoms. The first kappa shape index (κ1) is 10.5. The highest BCUT2D eigenvalue weighted by Crippen LogP contribution is 2.31. The predicted octanol–water partition coefficient (Wildman–Crippen LogP) is 1.54. The van der Waals surface area contributed by atoms with Gasteiger partial charge in [0.25, 0.3) is 5.89 Å². The number of benzene rings is 1. The van der Waals surface area contributed by atoms with Crippen LogP contribution >= 0.6 is 0 Å². The average Bonchev–Trinajstić information content (AvgIpc) is 3.01. The zero-order valence-electron chi connectivity index (χ0n) is 9.45. The van der Waals surface area contributed by atoms with Crippen LogP contribution < -0.4 is 0 Å². The van der Waals surface area contributed by atoms with Gasteiger partial charge in [0.2, 0.25) is 5.82 Å². The number of hydrogen-bond acceptors (Lipinski definition) is 6. The van der Waals surface area contributed by atoms with Crippen LogP contribution in [0.15, 0.2) is 29.0 Å². The van der Waals surface area contributed by atoms with Crippen LogP contribution in [0.2, 0.25) is 0 Å². The molecule has 2 heterocycles. The standard InChI is InChI=1S/C11H9N5O2/c1-6-3-2-4-7(8(6)17)11-14-10(16-18-11)9-12-5-13-15-9/h2-5,17H,1H3,(H,12,13,15). The highest BCUT2D eigenvalue weighted by molar-refractivity contribution is 5.65. The van der Waals surface area contributed by atoms with Crippen molar-refractivity contribution in [3.05, 3.63) is 30.1 Å². The summed E-state index contributed by atoms with van der Waals surface area (Å²) in [5, 5.41) is 20.0. The van der Waals surface area contributed by atoms with Gasteiger partial charge < -0.3 is 9.63 Å². The first-order valence-electron chi connectivity index (χ1n) is 5.24. The summed E-state index contributed by atoms with van der Waals surface area (Å²) in [4.78, 5) is 8.07. The van der Waals surface area contributed by atoms with Gasteiger partial charge in [0.1, 0.15) is 12.1 Å². The minimum Gasteiger partial charge on any atom is -0.507 e. The molecule has 7 nitrogen and oxygen atoms in total. The number of hydrogen-bond donors (Lipinski definition) is 2. The maximum atomic E-state index is 9.93. The van der Waals surface area contributed by atoms with Crippen molar-refractivity contribution < 1.29 is 9.63 Å².